The van der Waals surface area contributed by atoms with E-state index in [1.807, 2.05) is 32.9 Å². The fraction of sp³-hybridized carbons (Fsp3) is 0.355. The number of hydrogen-bond acceptors (Lipinski definition) is 3. The number of anilines is 2. The average molecular weight is 587 g/mol. The molecule has 5 rings (SSSR count). The van der Waals surface area contributed by atoms with Crippen LogP contribution in [0, 0.1) is 11.6 Å². The second-order valence-corrected chi connectivity index (χ2v) is 12.0. The third kappa shape index (κ3) is 5.68. The van der Waals surface area contributed by atoms with Crippen LogP contribution < -0.4 is 4.90 Å². The Bertz CT molecular complexity index is 1460. The van der Waals surface area contributed by atoms with Crippen molar-refractivity contribution in [1.82, 2.24) is 4.90 Å². The molecule has 40 heavy (non-hydrogen) atoms. The van der Waals surface area contributed by atoms with Crippen molar-refractivity contribution in [3.8, 4) is 11.1 Å². The molecule has 0 aromatic heterocycles. The van der Waals surface area contributed by atoms with Gasteiger partial charge in [0.2, 0.25) is 5.91 Å². The smallest absolute Gasteiger partial charge is 0.410 e. The molecule has 2 aliphatic heterocycles. The monoisotopic (exact) mass is 586 g/mol. The van der Waals surface area contributed by atoms with Gasteiger partial charge in [-0.25, -0.2) is 13.6 Å². The molecule has 2 aliphatic rings. The van der Waals surface area contributed by atoms with Gasteiger partial charge in [-0.15, -0.1) is 0 Å². The van der Waals surface area contributed by atoms with Gasteiger partial charge in [-0.1, -0.05) is 35.3 Å². The number of carbonyl (C=O) groups excluding carboxylic acids is 2. The summed E-state index contributed by atoms with van der Waals surface area (Å²) >= 11 is 13.1. The molecule has 3 aromatic rings. The van der Waals surface area contributed by atoms with E-state index in [0.717, 1.165) is 23.3 Å². The second-order valence-electron chi connectivity index (χ2n) is 11.2. The van der Waals surface area contributed by atoms with E-state index in [-0.39, 0.29) is 29.9 Å². The van der Waals surface area contributed by atoms with Crippen molar-refractivity contribution in [2.75, 3.05) is 18.0 Å². The maximum absolute atomic E-state index is 15.2. The number of rotatable bonds is 3. The lowest BCUT2D eigenvalue weighted by Crippen LogP contribution is -2.41. The first-order chi connectivity index (χ1) is 18.9. The summed E-state index contributed by atoms with van der Waals surface area (Å²) in [5.74, 6) is -1.29. The number of halogens is 4. The molecule has 1 saturated heterocycles. The molecule has 5 nitrogen and oxygen atoms in total. The van der Waals surface area contributed by atoms with Gasteiger partial charge in [0.15, 0.2) is 0 Å². The normalized spacial score (nSPS) is 16.2. The van der Waals surface area contributed by atoms with Crippen molar-refractivity contribution in [1.29, 1.82) is 0 Å². The Morgan fingerprint density at radius 2 is 1.62 bits per heavy atom. The standard InChI is InChI=1S/C31H30Cl2F2N2O3/c1-31(2,3)40-30(39)36-13-11-18(12-14-36)19-15-22(23-17-20(34)7-9-26(23)35)21-8-10-28(38)37(27(21)16-19)29-24(32)5-4-6-25(29)33/h4-7,9,15-18H,8,10-14H2,1-3H3. The van der Waals surface area contributed by atoms with Gasteiger partial charge in [-0.2, -0.15) is 0 Å². The Morgan fingerprint density at radius 3 is 2.27 bits per heavy atom. The van der Waals surface area contributed by atoms with Crippen LogP contribution in [0.3, 0.4) is 0 Å². The second kappa shape index (κ2) is 11.0. The molecule has 9 heteroatoms. The summed E-state index contributed by atoms with van der Waals surface area (Å²) in [6.45, 7) is 6.46. The van der Waals surface area contributed by atoms with E-state index in [1.165, 1.54) is 11.0 Å². The average Bonchev–Trinajstić information content (AvgIpc) is 2.89. The van der Waals surface area contributed by atoms with E-state index in [4.69, 9.17) is 27.9 Å². The largest absolute Gasteiger partial charge is 0.444 e. The van der Waals surface area contributed by atoms with E-state index < -0.39 is 17.2 Å². The van der Waals surface area contributed by atoms with E-state index in [9.17, 15) is 14.0 Å². The van der Waals surface area contributed by atoms with Gasteiger partial charge in [0.25, 0.3) is 0 Å². The van der Waals surface area contributed by atoms with E-state index in [0.29, 0.717) is 59.3 Å². The summed E-state index contributed by atoms with van der Waals surface area (Å²) in [6.07, 6.45) is 1.44. The molecule has 2 heterocycles. The molecule has 0 atom stereocenters. The van der Waals surface area contributed by atoms with E-state index in [2.05, 4.69) is 0 Å². The minimum Gasteiger partial charge on any atom is -0.444 e. The summed E-state index contributed by atoms with van der Waals surface area (Å²) in [4.78, 5) is 29.2. The fourth-order valence-corrected chi connectivity index (χ4v) is 6.03. The van der Waals surface area contributed by atoms with Crippen molar-refractivity contribution >= 4 is 46.6 Å². The van der Waals surface area contributed by atoms with Crippen molar-refractivity contribution in [2.45, 2.75) is 58.0 Å². The van der Waals surface area contributed by atoms with Crippen molar-refractivity contribution < 1.29 is 23.1 Å². The Labute approximate surface area is 242 Å². The first-order valence-corrected chi connectivity index (χ1v) is 14.1. The fourth-order valence-electron chi connectivity index (χ4n) is 5.47. The molecular formula is C31H30Cl2F2N2O3. The highest BCUT2D eigenvalue weighted by atomic mass is 35.5. The molecule has 3 aromatic carbocycles. The van der Waals surface area contributed by atoms with Crippen LogP contribution in [0.4, 0.5) is 25.0 Å². The van der Waals surface area contributed by atoms with Crippen molar-refractivity contribution in [2.24, 2.45) is 0 Å². The highest BCUT2D eigenvalue weighted by Gasteiger charge is 2.34. The third-order valence-electron chi connectivity index (χ3n) is 7.33. The molecule has 0 unspecified atom stereocenters. The van der Waals surface area contributed by atoms with Gasteiger partial charge >= 0.3 is 6.09 Å². The molecule has 1 fully saturated rings. The lowest BCUT2D eigenvalue weighted by Gasteiger charge is -2.36. The molecule has 0 spiro atoms. The van der Waals surface area contributed by atoms with E-state index >= 15 is 4.39 Å². The lowest BCUT2D eigenvalue weighted by molar-refractivity contribution is -0.118. The lowest BCUT2D eigenvalue weighted by atomic mass is 9.83. The molecule has 210 valence electrons. The molecule has 0 bridgehead atoms. The first-order valence-electron chi connectivity index (χ1n) is 13.3. The number of likely N-dealkylation sites (tertiary alicyclic amines) is 1. The number of amides is 2. The van der Waals surface area contributed by atoms with Crippen LogP contribution >= 0.6 is 23.2 Å². The summed E-state index contributed by atoms with van der Waals surface area (Å²) in [5, 5.41) is 0.617. The number of carbonyl (C=O) groups is 2. The minimum atomic E-state index is -0.591. The third-order valence-corrected chi connectivity index (χ3v) is 7.94. The number of benzene rings is 3. The van der Waals surface area contributed by atoms with Crippen LogP contribution in [0.5, 0.6) is 0 Å². The van der Waals surface area contributed by atoms with Gasteiger partial charge < -0.3 is 9.64 Å². The predicted octanol–water partition coefficient (Wildman–Crippen LogP) is 8.66. The van der Waals surface area contributed by atoms with Crippen LogP contribution in [-0.4, -0.2) is 35.6 Å². The van der Waals surface area contributed by atoms with Crippen LogP contribution in [0.15, 0.2) is 48.5 Å². The van der Waals surface area contributed by atoms with Gasteiger partial charge in [0, 0.05) is 25.1 Å². The number of hydrogen-bond donors (Lipinski definition) is 0. The number of fused-ring (bicyclic) bond motifs is 1. The first kappa shape index (κ1) is 28.4. The van der Waals surface area contributed by atoms with E-state index in [1.54, 1.807) is 23.1 Å². The summed E-state index contributed by atoms with van der Waals surface area (Å²) in [7, 11) is 0. The van der Waals surface area contributed by atoms with Crippen LogP contribution in [-0.2, 0) is 16.0 Å². The Balaban J connectivity index is 1.60. The molecule has 0 N–H and O–H groups in total. The quantitative estimate of drug-likeness (QED) is 0.308. The molecule has 0 saturated carbocycles. The van der Waals surface area contributed by atoms with Crippen LogP contribution in [0.25, 0.3) is 11.1 Å². The van der Waals surface area contributed by atoms with Gasteiger partial charge in [0.05, 0.1) is 21.4 Å². The Kier molecular flexibility index (Phi) is 7.81. The minimum absolute atomic E-state index is 0.0138. The molecule has 0 aliphatic carbocycles. The predicted molar refractivity (Wildman–Crippen MR) is 154 cm³/mol. The SMILES string of the molecule is CC(C)(C)OC(=O)N1CCC(c2cc(-c3cc(F)ccc3F)c3c(c2)N(c2c(Cl)cccc2Cl)C(=O)CC3)CC1. The molecular weight excluding hydrogens is 557 g/mol. The molecule has 0 radical (unpaired) electrons. The number of ether oxygens (including phenoxy) is 1. The number of piperidine rings is 1. The summed E-state index contributed by atoms with van der Waals surface area (Å²) < 4.78 is 35.0. The highest BCUT2D eigenvalue weighted by Crippen LogP contribution is 2.47. The Morgan fingerprint density at radius 1 is 0.950 bits per heavy atom. The van der Waals surface area contributed by atoms with Gasteiger partial charge in [-0.05, 0) is 99.0 Å². The number of nitrogens with zero attached hydrogens (tertiary/aromatic N) is 2. The molecule has 2 amide bonds. The Hall–Kier alpha value is -3.16. The van der Waals surface area contributed by atoms with Gasteiger partial charge in [0.1, 0.15) is 17.2 Å². The zero-order valence-electron chi connectivity index (χ0n) is 22.6. The highest BCUT2D eigenvalue weighted by molar-refractivity contribution is 6.40. The number of para-hydroxylation sites is 1. The van der Waals surface area contributed by atoms with Crippen molar-refractivity contribution in [3.05, 3.63) is 81.3 Å². The van der Waals surface area contributed by atoms with Crippen LogP contribution in [0.2, 0.25) is 10.0 Å². The van der Waals surface area contributed by atoms with Gasteiger partial charge in [-0.3, -0.25) is 9.69 Å². The zero-order chi connectivity index (χ0) is 28.8. The summed E-state index contributed by atoms with van der Waals surface area (Å²) in [6, 6.07) is 12.2. The topological polar surface area (TPSA) is 49.9 Å². The van der Waals surface area contributed by atoms with Crippen molar-refractivity contribution in [3.63, 3.8) is 0 Å². The zero-order valence-corrected chi connectivity index (χ0v) is 24.1. The van der Waals surface area contributed by atoms with Crippen LogP contribution in [0.1, 0.15) is 57.1 Å². The summed E-state index contributed by atoms with van der Waals surface area (Å²) in [5.41, 5.74) is 2.56. The maximum atomic E-state index is 15.2. The maximum Gasteiger partial charge on any atom is 0.410 e.